The SMILES string of the molecule is CCC(Oc1cccc2sc(C(=N)N)cc12)C(=O)O. The second-order valence-corrected chi connectivity index (χ2v) is 5.13. The fourth-order valence-corrected chi connectivity index (χ4v) is 2.67. The Morgan fingerprint density at radius 3 is 2.89 bits per heavy atom. The molecule has 2 rings (SSSR count). The number of nitrogens with one attached hydrogen (secondary N) is 1. The van der Waals surface area contributed by atoms with E-state index < -0.39 is 12.1 Å². The third-order valence-corrected chi connectivity index (χ3v) is 3.84. The smallest absolute Gasteiger partial charge is 0.344 e. The highest BCUT2D eigenvalue weighted by Crippen LogP contribution is 2.33. The maximum atomic E-state index is 11.0. The Bertz CT molecular complexity index is 636. The number of ether oxygens (including phenoxy) is 1. The van der Waals surface area contributed by atoms with Crippen molar-refractivity contribution in [1.29, 1.82) is 5.41 Å². The molecular formula is C13H14N2O3S. The largest absolute Gasteiger partial charge is 0.479 e. The highest BCUT2D eigenvalue weighted by Gasteiger charge is 2.18. The lowest BCUT2D eigenvalue weighted by Crippen LogP contribution is -2.25. The summed E-state index contributed by atoms with van der Waals surface area (Å²) in [4.78, 5) is 11.7. The van der Waals surface area contributed by atoms with E-state index in [1.165, 1.54) is 11.3 Å². The van der Waals surface area contributed by atoms with Crippen LogP contribution in [-0.4, -0.2) is 23.0 Å². The maximum absolute atomic E-state index is 11.0. The Labute approximate surface area is 114 Å². The van der Waals surface area contributed by atoms with E-state index in [9.17, 15) is 4.79 Å². The normalized spacial score (nSPS) is 12.3. The molecular weight excluding hydrogens is 264 g/mol. The number of nitrogens with two attached hydrogens (primary N) is 1. The fraction of sp³-hybridized carbons (Fsp3) is 0.231. The molecule has 6 heteroatoms. The van der Waals surface area contributed by atoms with Gasteiger partial charge in [0, 0.05) is 10.1 Å². The number of fused-ring (bicyclic) bond motifs is 1. The Morgan fingerprint density at radius 1 is 1.58 bits per heavy atom. The van der Waals surface area contributed by atoms with Crippen molar-refractivity contribution in [1.82, 2.24) is 0 Å². The summed E-state index contributed by atoms with van der Waals surface area (Å²) in [6.45, 7) is 1.76. The van der Waals surface area contributed by atoms with Crippen LogP contribution in [0.4, 0.5) is 0 Å². The Kier molecular flexibility index (Phi) is 3.71. The van der Waals surface area contributed by atoms with Gasteiger partial charge in [0.2, 0.25) is 0 Å². The third kappa shape index (κ3) is 2.68. The van der Waals surface area contributed by atoms with Gasteiger partial charge < -0.3 is 15.6 Å². The maximum Gasteiger partial charge on any atom is 0.344 e. The zero-order valence-electron chi connectivity index (χ0n) is 10.3. The molecule has 0 spiro atoms. The van der Waals surface area contributed by atoms with Gasteiger partial charge >= 0.3 is 5.97 Å². The molecule has 0 saturated heterocycles. The van der Waals surface area contributed by atoms with Gasteiger partial charge in [-0.15, -0.1) is 11.3 Å². The summed E-state index contributed by atoms with van der Waals surface area (Å²) in [5.74, 6) is -0.477. The van der Waals surface area contributed by atoms with Crippen molar-refractivity contribution in [3.8, 4) is 5.75 Å². The van der Waals surface area contributed by atoms with E-state index in [1.54, 1.807) is 25.1 Å². The fourth-order valence-electron chi connectivity index (χ4n) is 1.73. The van der Waals surface area contributed by atoms with Gasteiger partial charge in [-0.25, -0.2) is 4.79 Å². The van der Waals surface area contributed by atoms with Crippen molar-refractivity contribution in [3.63, 3.8) is 0 Å². The molecule has 1 unspecified atom stereocenters. The number of carbonyl (C=O) groups is 1. The van der Waals surface area contributed by atoms with Crippen LogP contribution in [0.2, 0.25) is 0 Å². The summed E-state index contributed by atoms with van der Waals surface area (Å²) in [5, 5.41) is 17.3. The lowest BCUT2D eigenvalue weighted by atomic mass is 10.2. The predicted octanol–water partition coefficient (Wildman–Crippen LogP) is 2.43. The van der Waals surface area contributed by atoms with Gasteiger partial charge in [-0.3, -0.25) is 5.41 Å². The average Bonchev–Trinajstić information content (AvgIpc) is 2.80. The molecule has 100 valence electrons. The first kappa shape index (κ1) is 13.4. The van der Waals surface area contributed by atoms with E-state index in [1.807, 2.05) is 6.07 Å². The molecule has 0 aliphatic heterocycles. The zero-order valence-corrected chi connectivity index (χ0v) is 11.2. The van der Waals surface area contributed by atoms with Crippen molar-refractivity contribution >= 4 is 33.2 Å². The highest BCUT2D eigenvalue weighted by molar-refractivity contribution is 7.20. The van der Waals surface area contributed by atoms with Crippen LogP contribution in [-0.2, 0) is 4.79 Å². The van der Waals surface area contributed by atoms with Crippen molar-refractivity contribution in [2.75, 3.05) is 0 Å². The van der Waals surface area contributed by atoms with Crippen LogP contribution in [0.3, 0.4) is 0 Å². The van der Waals surface area contributed by atoms with E-state index in [4.69, 9.17) is 21.0 Å². The summed E-state index contributed by atoms with van der Waals surface area (Å²) < 4.78 is 6.45. The number of benzene rings is 1. The highest BCUT2D eigenvalue weighted by atomic mass is 32.1. The first-order valence-corrected chi connectivity index (χ1v) is 6.61. The Balaban J connectivity index is 2.43. The van der Waals surface area contributed by atoms with E-state index in [0.29, 0.717) is 17.0 Å². The summed E-state index contributed by atoms with van der Waals surface area (Å²) in [7, 11) is 0. The van der Waals surface area contributed by atoms with Crippen molar-refractivity contribution in [2.45, 2.75) is 19.4 Å². The first-order chi connectivity index (χ1) is 9.02. The monoisotopic (exact) mass is 278 g/mol. The molecule has 0 fully saturated rings. The number of thiophene rings is 1. The zero-order chi connectivity index (χ0) is 14.0. The minimum atomic E-state index is -0.985. The Hall–Kier alpha value is -2.08. The molecule has 2 aromatic rings. The molecule has 19 heavy (non-hydrogen) atoms. The minimum absolute atomic E-state index is 0.00238. The van der Waals surface area contributed by atoms with Crippen LogP contribution >= 0.6 is 11.3 Å². The molecule has 1 heterocycles. The molecule has 0 aliphatic rings. The molecule has 0 amide bonds. The summed E-state index contributed by atoms with van der Waals surface area (Å²) >= 11 is 1.39. The quantitative estimate of drug-likeness (QED) is 0.578. The first-order valence-electron chi connectivity index (χ1n) is 5.79. The number of amidine groups is 1. The van der Waals surface area contributed by atoms with E-state index in [0.717, 1.165) is 10.1 Å². The predicted molar refractivity (Wildman–Crippen MR) is 75.2 cm³/mol. The molecule has 1 atom stereocenters. The summed E-state index contributed by atoms with van der Waals surface area (Å²) in [6, 6.07) is 7.17. The average molecular weight is 278 g/mol. The number of hydrogen-bond donors (Lipinski definition) is 3. The van der Waals surface area contributed by atoms with Crippen LogP contribution in [0.1, 0.15) is 18.2 Å². The molecule has 0 aliphatic carbocycles. The van der Waals surface area contributed by atoms with Crippen molar-refractivity contribution in [3.05, 3.63) is 29.1 Å². The van der Waals surface area contributed by atoms with Gasteiger partial charge in [0.1, 0.15) is 11.6 Å². The molecule has 0 saturated carbocycles. The number of rotatable bonds is 5. The van der Waals surface area contributed by atoms with Crippen molar-refractivity contribution < 1.29 is 14.6 Å². The van der Waals surface area contributed by atoms with E-state index >= 15 is 0 Å². The van der Waals surface area contributed by atoms with E-state index in [2.05, 4.69) is 0 Å². The van der Waals surface area contributed by atoms with Gasteiger partial charge in [0.05, 0.1) is 4.88 Å². The number of carboxylic acids is 1. The number of aliphatic carboxylic acids is 1. The topological polar surface area (TPSA) is 96.4 Å². The van der Waals surface area contributed by atoms with Crippen molar-refractivity contribution in [2.24, 2.45) is 5.73 Å². The van der Waals surface area contributed by atoms with Crippen LogP contribution < -0.4 is 10.5 Å². The van der Waals surface area contributed by atoms with Crippen LogP contribution in [0.25, 0.3) is 10.1 Å². The van der Waals surface area contributed by atoms with Gasteiger partial charge in [0.15, 0.2) is 6.10 Å². The standard InChI is InChI=1S/C13H14N2O3S/c1-2-8(13(16)17)18-9-4-3-5-10-7(9)6-11(19-10)12(14)15/h3-6,8H,2H2,1H3,(H3,14,15)(H,16,17). The molecule has 4 N–H and O–H groups in total. The van der Waals surface area contributed by atoms with Gasteiger partial charge in [-0.05, 0) is 24.6 Å². The Morgan fingerprint density at radius 2 is 2.32 bits per heavy atom. The minimum Gasteiger partial charge on any atom is -0.479 e. The lowest BCUT2D eigenvalue weighted by Gasteiger charge is -2.13. The number of carboxylic acid groups (broad SMARTS) is 1. The van der Waals surface area contributed by atoms with E-state index in [-0.39, 0.29) is 5.84 Å². The molecule has 1 aromatic carbocycles. The lowest BCUT2D eigenvalue weighted by molar-refractivity contribution is -0.145. The van der Waals surface area contributed by atoms with Gasteiger partial charge in [-0.2, -0.15) is 0 Å². The van der Waals surface area contributed by atoms with Gasteiger partial charge in [0.25, 0.3) is 0 Å². The summed E-state index contributed by atoms with van der Waals surface area (Å²) in [5.41, 5.74) is 5.46. The number of nitrogen functional groups attached to an aromatic ring is 1. The van der Waals surface area contributed by atoms with Crippen LogP contribution in [0.15, 0.2) is 24.3 Å². The molecule has 0 bridgehead atoms. The molecule has 5 nitrogen and oxygen atoms in total. The molecule has 1 aromatic heterocycles. The number of hydrogen-bond acceptors (Lipinski definition) is 4. The molecule has 0 radical (unpaired) electrons. The third-order valence-electron chi connectivity index (χ3n) is 2.70. The summed E-state index contributed by atoms with van der Waals surface area (Å²) in [6.07, 6.45) is -0.485. The van der Waals surface area contributed by atoms with Crippen LogP contribution in [0.5, 0.6) is 5.75 Å². The van der Waals surface area contributed by atoms with Gasteiger partial charge in [-0.1, -0.05) is 13.0 Å². The van der Waals surface area contributed by atoms with Crippen LogP contribution in [0, 0.1) is 5.41 Å². The second kappa shape index (κ2) is 5.27. The second-order valence-electron chi connectivity index (χ2n) is 4.05.